The van der Waals surface area contributed by atoms with Crippen molar-refractivity contribution in [3.05, 3.63) is 24.3 Å². The molecule has 21 heavy (non-hydrogen) atoms. The number of likely N-dealkylation sites (N-methyl/N-ethyl adjacent to an activating group) is 1. The average Bonchev–Trinajstić information content (AvgIpc) is 2.46. The molecule has 0 atom stereocenters. The van der Waals surface area contributed by atoms with Crippen molar-refractivity contribution in [2.24, 2.45) is 0 Å². The lowest BCUT2D eigenvalue weighted by atomic mass is 10.3. The van der Waals surface area contributed by atoms with Gasteiger partial charge in [0.15, 0.2) is 0 Å². The lowest BCUT2D eigenvalue weighted by Crippen LogP contribution is -2.38. The predicted octanol–water partition coefficient (Wildman–Crippen LogP) is 0.472. The van der Waals surface area contributed by atoms with Crippen molar-refractivity contribution < 1.29 is 22.7 Å². The maximum atomic E-state index is 12.1. The summed E-state index contributed by atoms with van der Waals surface area (Å²) < 4.78 is 35.1. The number of rotatable bonds is 8. The summed E-state index contributed by atoms with van der Waals surface area (Å²) in [4.78, 5) is 11.2. The Bertz CT molecular complexity index is 574. The molecule has 0 saturated heterocycles. The zero-order chi connectivity index (χ0) is 15.9. The number of hydrogen-bond acceptors (Lipinski definition) is 6. The van der Waals surface area contributed by atoms with Crippen molar-refractivity contribution in [2.75, 3.05) is 38.3 Å². The van der Waals surface area contributed by atoms with E-state index in [0.717, 1.165) is 4.31 Å². The summed E-state index contributed by atoms with van der Waals surface area (Å²) in [5.41, 5.74) is 6.14. The van der Waals surface area contributed by atoms with E-state index < -0.39 is 16.0 Å². The molecule has 0 aliphatic rings. The second kappa shape index (κ2) is 7.84. The number of nitrogen functional groups attached to an aromatic ring is 1. The first kappa shape index (κ1) is 17.3. The third-order valence-electron chi connectivity index (χ3n) is 2.80. The fourth-order valence-electron chi connectivity index (χ4n) is 1.61. The number of benzene rings is 1. The minimum atomic E-state index is -3.59. The molecule has 1 aromatic carbocycles. The Morgan fingerprint density at radius 1 is 1.33 bits per heavy atom. The van der Waals surface area contributed by atoms with E-state index in [-0.39, 0.29) is 25.4 Å². The maximum absolute atomic E-state index is 12.1. The number of carbonyl (C=O) groups is 1. The van der Waals surface area contributed by atoms with Gasteiger partial charge in [-0.25, -0.2) is 8.42 Å². The molecule has 0 aliphatic heterocycles. The van der Waals surface area contributed by atoms with Crippen LogP contribution in [0.3, 0.4) is 0 Å². The van der Waals surface area contributed by atoms with Crippen LogP contribution in [-0.4, -0.2) is 51.3 Å². The van der Waals surface area contributed by atoms with Crippen LogP contribution >= 0.6 is 0 Å². The van der Waals surface area contributed by atoms with Crippen LogP contribution in [0.5, 0.6) is 5.75 Å². The quantitative estimate of drug-likeness (QED) is 0.553. The molecule has 0 unspecified atom stereocenters. The number of ether oxygens (including phenoxy) is 2. The monoisotopic (exact) mass is 316 g/mol. The molecule has 0 spiro atoms. The molecule has 0 fully saturated rings. The van der Waals surface area contributed by atoms with Crippen LogP contribution in [0.2, 0.25) is 0 Å². The standard InChI is InChI=1S/C13H20N2O5S/c1-3-15(10-13(16)19-2)21(17,18)9-8-20-12-7-5-4-6-11(12)14/h4-7H,3,8-10,14H2,1-2H3. The summed E-state index contributed by atoms with van der Waals surface area (Å²) in [5.74, 6) is -0.413. The molecule has 2 N–H and O–H groups in total. The molecule has 0 saturated carbocycles. The smallest absolute Gasteiger partial charge is 0.321 e. The van der Waals surface area contributed by atoms with Crippen molar-refractivity contribution in [3.63, 3.8) is 0 Å². The fraction of sp³-hybridized carbons (Fsp3) is 0.462. The average molecular weight is 316 g/mol. The van der Waals surface area contributed by atoms with E-state index in [2.05, 4.69) is 4.74 Å². The van der Waals surface area contributed by atoms with Gasteiger partial charge in [-0.05, 0) is 12.1 Å². The first-order chi connectivity index (χ1) is 9.90. The number of nitrogens with two attached hydrogens (primary N) is 1. The third kappa shape index (κ3) is 5.24. The normalized spacial score (nSPS) is 11.4. The zero-order valence-corrected chi connectivity index (χ0v) is 12.9. The van der Waals surface area contributed by atoms with Gasteiger partial charge >= 0.3 is 5.97 Å². The highest BCUT2D eigenvalue weighted by Crippen LogP contribution is 2.19. The van der Waals surface area contributed by atoms with Crippen LogP contribution in [0.15, 0.2) is 24.3 Å². The van der Waals surface area contributed by atoms with Crippen LogP contribution in [0.1, 0.15) is 6.92 Å². The molecule has 0 bridgehead atoms. The van der Waals surface area contributed by atoms with E-state index in [4.69, 9.17) is 10.5 Å². The Balaban J connectivity index is 2.59. The molecule has 118 valence electrons. The van der Waals surface area contributed by atoms with Crippen molar-refractivity contribution in [1.29, 1.82) is 0 Å². The van der Waals surface area contributed by atoms with Gasteiger partial charge < -0.3 is 15.2 Å². The van der Waals surface area contributed by atoms with Crippen molar-refractivity contribution in [3.8, 4) is 5.75 Å². The zero-order valence-electron chi connectivity index (χ0n) is 12.1. The van der Waals surface area contributed by atoms with E-state index in [0.29, 0.717) is 11.4 Å². The van der Waals surface area contributed by atoms with E-state index in [1.807, 2.05) is 0 Å². The summed E-state index contributed by atoms with van der Waals surface area (Å²) in [6.45, 7) is 1.48. The highest BCUT2D eigenvalue weighted by molar-refractivity contribution is 7.89. The number of sulfonamides is 1. The molecule has 1 rings (SSSR count). The largest absolute Gasteiger partial charge is 0.490 e. The van der Waals surface area contributed by atoms with Gasteiger partial charge in [0.2, 0.25) is 10.0 Å². The molecule has 7 nitrogen and oxygen atoms in total. The van der Waals surface area contributed by atoms with Crippen molar-refractivity contribution >= 4 is 21.7 Å². The highest BCUT2D eigenvalue weighted by atomic mass is 32.2. The van der Waals surface area contributed by atoms with Gasteiger partial charge in [-0.1, -0.05) is 19.1 Å². The lowest BCUT2D eigenvalue weighted by molar-refractivity contribution is -0.140. The predicted molar refractivity (Wildman–Crippen MR) is 79.4 cm³/mol. The van der Waals surface area contributed by atoms with Crippen molar-refractivity contribution in [2.45, 2.75) is 6.92 Å². The summed E-state index contributed by atoms with van der Waals surface area (Å²) in [5, 5.41) is 0. The SMILES string of the molecule is CCN(CC(=O)OC)S(=O)(=O)CCOc1ccccc1N. The number of anilines is 1. The molecule has 1 aromatic rings. The van der Waals surface area contributed by atoms with Gasteiger partial charge in [0.25, 0.3) is 0 Å². The third-order valence-corrected chi connectivity index (χ3v) is 4.65. The number of esters is 1. The van der Waals surface area contributed by atoms with Gasteiger partial charge in [0.05, 0.1) is 18.6 Å². The van der Waals surface area contributed by atoms with E-state index >= 15 is 0 Å². The molecular formula is C13H20N2O5S. The first-order valence-electron chi connectivity index (χ1n) is 6.42. The molecule has 0 aliphatic carbocycles. The summed E-state index contributed by atoms with van der Waals surface area (Å²) in [7, 11) is -2.38. The van der Waals surface area contributed by atoms with E-state index in [1.165, 1.54) is 7.11 Å². The number of nitrogens with zero attached hydrogens (tertiary/aromatic N) is 1. The van der Waals surface area contributed by atoms with Gasteiger partial charge in [-0.2, -0.15) is 4.31 Å². The highest BCUT2D eigenvalue weighted by Gasteiger charge is 2.23. The molecular weight excluding hydrogens is 296 g/mol. The van der Waals surface area contributed by atoms with Crippen LogP contribution in [0.4, 0.5) is 5.69 Å². The number of para-hydroxylation sites is 2. The van der Waals surface area contributed by atoms with Crippen LogP contribution in [0, 0.1) is 0 Å². The first-order valence-corrected chi connectivity index (χ1v) is 8.03. The molecule has 8 heteroatoms. The second-order valence-corrected chi connectivity index (χ2v) is 6.29. The van der Waals surface area contributed by atoms with E-state index in [9.17, 15) is 13.2 Å². The number of carbonyl (C=O) groups excluding carboxylic acids is 1. The van der Waals surface area contributed by atoms with Gasteiger partial charge in [0, 0.05) is 6.54 Å². The Kier molecular flexibility index (Phi) is 6.44. The molecule has 0 radical (unpaired) electrons. The van der Waals surface area contributed by atoms with Crippen LogP contribution < -0.4 is 10.5 Å². The number of methoxy groups -OCH3 is 1. The molecule has 0 amide bonds. The van der Waals surface area contributed by atoms with Crippen LogP contribution in [-0.2, 0) is 19.6 Å². The summed E-state index contributed by atoms with van der Waals surface area (Å²) in [6, 6.07) is 6.83. The fourth-order valence-corrected chi connectivity index (χ4v) is 2.86. The van der Waals surface area contributed by atoms with Crippen molar-refractivity contribution in [1.82, 2.24) is 4.31 Å². The van der Waals surface area contributed by atoms with Gasteiger partial charge in [-0.3, -0.25) is 4.79 Å². The van der Waals surface area contributed by atoms with Gasteiger partial charge in [-0.15, -0.1) is 0 Å². The Hall–Kier alpha value is -1.80. The Morgan fingerprint density at radius 3 is 2.57 bits per heavy atom. The molecule has 0 heterocycles. The number of hydrogen-bond donors (Lipinski definition) is 1. The van der Waals surface area contributed by atoms with E-state index in [1.54, 1.807) is 31.2 Å². The van der Waals surface area contributed by atoms with Crippen LogP contribution in [0.25, 0.3) is 0 Å². The summed E-state index contributed by atoms with van der Waals surface area (Å²) >= 11 is 0. The lowest BCUT2D eigenvalue weighted by Gasteiger charge is -2.19. The van der Waals surface area contributed by atoms with Gasteiger partial charge in [0.1, 0.15) is 18.9 Å². The Labute approximate surface area is 124 Å². The minimum Gasteiger partial charge on any atom is -0.490 e. The topological polar surface area (TPSA) is 98.9 Å². The second-order valence-electron chi connectivity index (χ2n) is 4.20. The maximum Gasteiger partial charge on any atom is 0.321 e. The minimum absolute atomic E-state index is 0.0474. The Morgan fingerprint density at radius 2 is 2.00 bits per heavy atom. The molecule has 0 aromatic heterocycles. The summed E-state index contributed by atoms with van der Waals surface area (Å²) in [6.07, 6.45) is 0.